The Bertz CT molecular complexity index is 923. The normalized spacial score (nSPS) is 25.4. The molecular weight excluding hydrogens is 425 g/mol. The SMILES string of the molecule is CC1CC2(CCN1Cc1ccccc1)C(=O)NC(=O)N2c1cc(F)ccc1Br. The maximum atomic E-state index is 13.9. The highest BCUT2D eigenvalue weighted by atomic mass is 79.9. The summed E-state index contributed by atoms with van der Waals surface area (Å²) in [6.07, 6.45) is 0.977. The number of carbonyl (C=O) groups excluding carboxylic acids is 2. The molecule has 2 aliphatic rings. The highest BCUT2D eigenvalue weighted by Gasteiger charge is 2.56. The third kappa shape index (κ3) is 3.22. The van der Waals surface area contributed by atoms with E-state index >= 15 is 0 Å². The van der Waals surface area contributed by atoms with Crippen LogP contribution in [0.4, 0.5) is 14.9 Å². The number of likely N-dealkylation sites (tertiary alicyclic amines) is 1. The van der Waals surface area contributed by atoms with Gasteiger partial charge in [0.25, 0.3) is 5.91 Å². The fourth-order valence-electron chi connectivity index (χ4n) is 4.29. The summed E-state index contributed by atoms with van der Waals surface area (Å²) in [7, 11) is 0. The smallest absolute Gasteiger partial charge is 0.296 e. The number of nitrogens with one attached hydrogen (secondary N) is 1. The first kappa shape index (κ1) is 19.1. The quantitative estimate of drug-likeness (QED) is 0.724. The molecule has 2 aromatic rings. The minimum atomic E-state index is -1.000. The van der Waals surface area contributed by atoms with E-state index in [1.807, 2.05) is 18.2 Å². The van der Waals surface area contributed by atoms with Crippen LogP contribution in [0.25, 0.3) is 0 Å². The lowest BCUT2D eigenvalue weighted by Crippen LogP contribution is -2.59. The van der Waals surface area contributed by atoms with Gasteiger partial charge in [0.05, 0.1) is 5.69 Å². The molecule has 146 valence electrons. The van der Waals surface area contributed by atoms with Crippen LogP contribution in [-0.2, 0) is 11.3 Å². The molecule has 0 radical (unpaired) electrons. The zero-order chi connectivity index (χ0) is 19.9. The summed E-state index contributed by atoms with van der Waals surface area (Å²) in [6, 6.07) is 13.9. The molecule has 1 spiro atoms. The van der Waals surface area contributed by atoms with Gasteiger partial charge >= 0.3 is 6.03 Å². The third-order valence-corrected chi connectivity index (χ3v) is 6.39. The molecule has 5 nitrogen and oxygen atoms in total. The molecule has 28 heavy (non-hydrogen) atoms. The highest BCUT2D eigenvalue weighted by Crippen LogP contribution is 2.42. The molecule has 0 aromatic heterocycles. The van der Waals surface area contributed by atoms with Crippen LogP contribution in [0.15, 0.2) is 53.0 Å². The third-order valence-electron chi connectivity index (χ3n) is 5.72. The maximum Gasteiger partial charge on any atom is 0.329 e. The van der Waals surface area contributed by atoms with Crippen molar-refractivity contribution in [3.05, 3.63) is 64.4 Å². The molecule has 2 fully saturated rings. The van der Waals surface area contributed by atoms with Crippen LogP contribution in [0.1, 0.15) is 25.3 Å². The van der Waals surface area contributed by atoms with Crippen LogP contribution in [0.3, 0.4) is 0 Å². The number of halogens is 2. The van der Waals surface area contributed by atoms with Crippen LogP contribution in [0, 0.1) is 5.82 Å². The largest absolute Gasteiger partial charge is 0.329 e. The van der Waals surface area contributed by atoms with Crippen LogP contribution in [0.2, 0.25) is 0 Å². The second-order valence-corrected chi connectivity index (χ2v) is 8.34. The Kier molecular flexibility index (Phi) is 4.97. The Labute approximate surface area is 171 Å². The maximum absolute atomic E-state index is 13.9. The van der Waals surface area contributed by atoms with E-state index in [0.717, 1.165) is 6.54 Å². The molecule has 7 heteroatoms. The lowest BCUT2D eigenvalue weighted by atomic mass is 9.81. The molecule has 4 rings (SSSR count). The van der Waals surface area contributed by atoms with Crippen molar-refractivity contribution in [2.75, 3.05) is 11.4 Å². The number of hydrogen-bond acceptors (Lipinski definition) is 3. The summed E-state index contributed by atoms with van der Waals surface area (Å²) >= 11 is 3.40. The number of rotatable bonds is 3. The van der Waals surface area contributed by atoms with Gasteiger partial charge in [-0.05, 0) is 59.5 Å². The van der Waals surface area contributed by atoms with Crippen molar-refractivity contribution < 1.29 is 14.0 Å². The first-order chi connectivity index (χ1) is 13.4. The number of hydrogen-bond donors (Lipinski definition) is 1. The minimum absolute atomic E-state index is 0.0837. The van der Waals surface area contributed by atoms with Crippen LogP contribution >= 0.6 is 15.9 Å². The summed E-state index contributed by atoms with van der Waals surface area (Å²) in [6.45, 7) is 3.52. The van der Waals surface area contributed by atoms with E-state index in [9.17, 15) is 14.0 Å². The fourth-order valence-corrected chi connectivity index (χ4v) is 4.72. The standard InChI is InChI=1S/C21H21BrFN3O2/c1-14-12-21(9-10-25(14)13-15-5-3-2-4-6-15)19(27)24-20(28)26(21)18-11-16(23)7-8-17(18)22/h2-8,11,14H,9-10,12-13H2,1H3,(H,24,27,28). The molecule has 2 aromatic carbocycles. The number of amides is 3. The number of nitrogens with zero attached hydrogens (tertiary/aromatic N) is 2. The lowest BCUT2D eigenvalue weighted by molar-refractivity contribution is -0.125. The van der Waals surface area contributed by atoms with E-state index in [2.05, 4.69) is 45.2 Å². The average Bonchev–Trinajstić information content (AvgIpc) is 2.90. The molecule has 2 saturated heterocycles. The number of urea groups is 1. The number of anilines is 1. The van der Waals surface area contributed by atoms with Crippen molar-refractivity contribution >= 4 is 33.6 Å². The second-order valence-electron chi connectivity index (χ2n) is 7.48. The summed E-state index contributed by atoms with van der Waals surface area (Å²) < 4.78 is 14.5. The van der Waals surface area contributed by atoms with Gasteiger partial charge in [0.2, 0.25) is 0 Å². The van der Waals surface area contributed by atoms with Gasteiger partial charge in [0.15, 0.2) is 0 Å². The van der Waals surface area contributed by atoms with Crippen molar-refractivity contribution in [3.63, 3.8) is 0 Å². The molecule has 0 aliphatic carbocycles. The van der Waals surface area contributed by atoms with Crippen molar-refractivity contribution in [2.24, 2.45) is 0 Å². The van der Waals surface area contributed by atoms with Gasteiger partial charge in [0, 0.05) is 23.6 Å². The first-order valence-corrected chi connectivity index (χ1v) is 10.1. The Balaban J connectivity index is 1.63. The summed E-state index contributed by atoms with van der Waals surface area (Å²) in [5, 5.41) is 2.44. The topological polar surface area (TPSA) is 52.7 Å². The van der Waals surface area contributed by atoms with Crippen LogP contribution in [-0.4, -0.2) is 35.0 Å². The Morgan fingerprint density at radius 1 is 1.21 bits per heavy atom. The van der Waals surface area contributed by atoms with Crippen molar-refractivity contribution in [3.8, 4) is 0 Å². The Hall–Kier alpha value is -2.25. The lowest BCUT2D eigenvalue weighted by Gasteiger charge is -2.45. The number of piperidine rings is 1. The van der Waals surface area contributed by atoms with Gasteiger partial charge in [-0.15, -0.1) is 0 Å². The monoisotopic (exact) mass is 445 g/mol. The van der Waals surface area contributed by atoms with Crippen LogP contribution < -0.4 is 10.2 Å². The number of carbonyl (C=O) groups is 2. The summed E-state index contributed by atoms with van der Waals surface area (Å²) in [5.41, 5.74) is 0.592. The molecule has 3 amide bonds. The molecular formula is C21H21BrFN3O2. The van der Waals surface area contributed by atoms with Crippen LogP contribution in [0.5, 0.6) is 0 Å². The van der Waals surface area contributed by atoms with E-state index in [0.29, 0.717) is 29.5 Å². The van der Waals surface area contributed by atoms with Gasteiger partial charge in [0.1, 0.15) is 11.4 Å². The van der Waals surface area contributed by atoms with E-state index in [4.69, 9.17) is 0 Å². The van der Waals surface area contributed by atoms with Crippen molar-refractivity contribution in [2.45, 2.75) is 37.9 Å². The predicted molar refractivity (Wildman–Crippen MR) is 108 cm³/mol. The van der Waals surface area contributed by atoms with Gasteiger partial charge in [-0.2, -0.15) is 0 Å². The molecule has 0 bridgehead atoms. The zero-order valence-electron chi connectivity index (χ0n) is 15.5. The van der Waals surface area contributed by atoms with E-state index in [1.54, 1.807) is 6.07 Å². The Morgan fingerprint density at radius 2 is 1.96 bits per heavy atom. The van der Waals surface area contributed by atoms with E-state index in [1.165, 1.54) is 22.6 Å². The Morgan fingerprint density at radius 3 is 2.68 bits per heavy atom. The second kappa shape index (κ2) is 7.29. The van der Waals surface area contributed by atoms with Gasteiger partial charge in [-0.25, -0.2) is 9.18 Å². The van der Waals surface area contributed by atoms with Gasteiger partial charge < -0.3 is 0 Å². The van der Waals surface area contributed by atoms with E-state index in [-0.39, 0.29) is 11.9 Å². The molecule has 1 N–H and O–H groups in total. The predicted octanol–water partition coefficient (Wildman–Crippen LogP) is 4.07. The number of benzene rings is 2. The summed E-state index contributed by atoms with van der Waals surface area (Å²) in [5.74, 6) is -0.755. The van der Waals surface area contributed by atoms with Gasteiger partial charge in [-0.3, -0.25) is 19.9 Å². The van der Waals surface area contributed by atoms with E-state index < -0.39 is 17.4 Å². The zero-order valence-corrected chi connectivity index (χ0v) is 17.1. The summed E-state index contributed by atoms with van der Waals surface area (Å²) in [4.78, 5) is 29.2. The fraction of sp³-hybridized carbons (Fsp3) is 0.333. The average molecular weight is 446 g/mol. The molecule has 2 atom stereocenters. The molecule has 2 heterocycles. The first-order valence-electron chi connectivity index (χ1n) is 9.29. The number of imide groups is 1. The van der Waals surface area contributed by atoms with Crippen molar-refractivity contribution in [1.29, 1.82) is 0 Å². The van der Waals surface area contributed by atoms with Crippen molar-refractivity contribution in [1.82, 2.24) is 10.2 Å². The molecule has 2 aliphatic heterocycles. The molecule has 0 saturated carbocycles. The molecule has 2 unspecified atom stereocenters. The minimum Gasteiger partial charge on any atom is -0.296 e. The van der Waals surface area contributed by atoms with Gasteiger partial charge in [-0.1, -0.05) is 30.3 Å². The highest BCUT2D eigenvalue weighted by molar-refractivity contribution is 9.10.